The van der Waals surface area contributed by atoms with Crippen LogP contribution in [0.15, 0.2) is 18.2 Å². The number of hydrogen-bond acceptors (Lipinski definition) is 2. The molecule has 0 aliphatic heterocycles. The van der Waals surface area contributed by atoms with E-state index in [1.165, 1.54) is 6.07 Å². The van der Waals surface area contributed by atoms with Gasteiger partial charge in [-0.05, 0) is 31.8 Å². The Kier molecular flexibility index (Phi) is 3.91. The predicted octanol–water partition coefficient (Wildman–Crippen LogP) is 1.64. The Morgan fingerprint density at radius 3 is 2.47 bits per heavy atom. The van der Waals surface area contributed by atoms with E-state index >= 15 is 0 Å². The number of carbonyl (C=O) groups is 1. The topological polar surface area (TPSA) is 20.3 Å². The largest absolute Gasteiger partial charge is 0.302 e. The lowest BCUT2D eigenvalue weighted by molar-refractivity contribution is -0.119. The van der Waals surface area contributed by atoms with Crippen LogP contribution in [0.1, 0.15) is 5.56 Å². The number of rotatable bonds is 4. The Morgan fingerprint density at radius 1 is 1.27 bits per heavy atom. The van der Waals surface area contributed by atoms with Gasteiger partial charge in [-0.25, -0.2) is 8.78 Å². The third kappa shape index (κ3) is 3.75. The molecule has 1 aromatic carbocycles. The third-order valence-corrected chi connectivity index (χ3v) is 1.88. The van der Waals surface area contributed by atoms with E-state index in [4.69, 9.17) is 0 Å². The zero-order valence-electron chi connectivity index (χ0n) is 8.76. The molecule has 15 heavy (non-hydrogen) atoms. The minimum absolute atomic E-state index is 0.0222. The summed E-state index contributed by atoms with van der Waals surface area (Å²) < 4.78 is 25.4. The van der Waals surface area contributed by atoms with E-state index in [1.807, 2.05) is 0 Å². The van der Waals surface area contributed by atoms with Gasteiger partial charge in [0.1, 0.15) is 0 Å². The second-order valence-electron chi connectivity index (χ2n) is 3.70. The van der Waals surface area contributed by atoms with Crippen LogP contribution in [0.4, 0.5) is 8.78 Å². The summed E-state index contributed by atoms with van der Waals surface area (Å²) in [6, 6.07) is 3.52. The molecule has 0 N–H and O–H groups in total. The van der Waals surface area contributed by atoms with E-state index < -0.39 is 11.6 Å². The second kappa shape index (κ2) is 4.98. The summed E-state index contributed by atoms with van der Waals surface area (Å²) in [7, 11) is 3.56. The average molecular weight is 213 g/mol. The molecule has 0 radical (unpaired) electrons. The van der Waals surface area contributed by atoms with E-state index in [1.54, 1.807) is 19.0 Å². The lowest BCUT2D eigenvalue weighted by Crippen LogP contribution is -2.22. The molecule has 1 aromatic rings. The average Bonchev–Trinajstić information content (AvgIpc) is 2.10. The monoisotopic (exact) mass is 213 g/mol. The number of benzene rings is 1. The summed E-state index contributed by atoms with van der Waals surface area (Å²) in [4.78, 5) is 13.1. The van der Waals surface area contributed by atoms with Crippen molar-refractivity contribution in [3.8, 4) is 0 Å². The van der Waals surface area contributed by atoms with Gasteiger partial charge in [0.15, 0.2) is 17.4 Å². The molecule has 0 amide bonds. The van der Waals surface area contributed by atoms with Crippen LogP contribution < -0.4 is 0 Å². The molecule has 0 aliphatic rings. The number of carbonyl (C=O) groups excluding carboxylic acids is 1. The van der Waals surface area contributed by atoms with Gasteiger partial charge in [0, 0.05) is 6.42 Å². The van der Waals surface area contributed by atoms with Crippen LogP contribution in [0.25, 0.3) is 0 Å². The van der Waals surface area contributed by atoms with E-state index in [-0.39, 0.29) is 12.2 Å². The van der Waals surface area contributed by atoms with Crippen LogP contribution in [0.5, 0.6) is 0 Å². The predicted molar refractivity (Wildman–Crippen MR) is 53.6 cm³/mol. The fourth-order valence-electron chi connectivity index (χ4n) is 1.29. The molecule has 0 heterocycles. The second-order valence-corrected chi connectivity index (χ2v) is 3.70. The number of likely N-dealkylation sites (N-methyl/N-ethyl adjacent to an activating group) is 1. The number of nitrogens with zero attached hydrogens (tertiary/aromatic N) is 1. The maximum Gasteiger partial charge on any atom is 0.159 e. The third-order valence-electron chi connectivity index (χ3n) is 1.88. The van der Waals surface area contributed by atoms with Crippen molar-refractivity contribution >= 4 is 5.78 Å². The highest BCUT2D eigenvalue weighted by molar-refractivity contribution is 5.82. The molecule has 0 aliphatic carbocycles. The van der Waals surface area contributed by atoms with Gasteiger partial charge in [-0.15, -0.1) is 0 Å². The Bertz CT molecular complexity index is 364. The van der Waals surface area contributed by atoms with Crippen molar-refractivity contribution in [1.29, 1.82) is 0 Å². The molecule has 0 aromatic heterocycles. The van der Waals surface area contributed by atoms with Crippen LogP contribution in [0.2, 0.25) is 0 Å². The van der Waals surface area contributed by atoms with Gasteiger partial charge in [0.2, 0.25) is 0 Å². The van der Waals surface area contributed by atoms with Gasteiger partial charge >= 0.3 is 0 Å². The molecular formula is C11H13F2NO. The van der Waals surface area contributed by atoms with Crippen LogP contribution in [-0.2, 0) is 11.2 Å². The van der Waals surface area contributed by atoms with Gasteiger partial charge in [-0.3, -0.25) is 4.79 Å². The normalized spacial score (nSPS) is 10.7. The smallest absolute Gasteiger partial charge is 0.159 e. The Labute approximate surface area is 87.5 Å². The van der Waals surface area contributed by atoms with Crippen molar-refractivity contribution in [1.82, 2.24) is 4.90 Å². The quantitative estimate of drug-likeness (QED) is 0.757. The number of hydrogen-bond donors (Lipinski definition) is 0. The molecule has 2 nitrogen and oxygen atoms in total. The Balaban J connectivity index is 2.65. The number of halogens is 2. The zero-order valence-corrected chi connectivity index (χ0v) is 8.76. The Morgan fingerprint density at radius 2 is 1.93 bits per heavy atom. The summed E-state index contributed by atoms with van der Waals surface area (Å²) in [6.45, 7) is 0.305. The van der Waals surface area contributed by atoms with Crippen molar-refractivity contribution in [3.05, 3.63) is 35.4 Å². The first-order chi connectivity index (χ1) is 6.99. The molecule has 4 heteroatoms. The van der Waals surface area contributed by atoms with Crippen molar-refractivity contribution in [3.63, 3.8) is 0 Å². The Hall–Kier alpha value is -1.29. The van der Waals surface area contributed by atoms with Gasteiger partial charge in [-0.1, -0.05) is 6.07 Å². The van der Waals surface area contributed by atoms with Gasteiger partial charge in [0.05, 0.1) is 6.54 Å². The first-order valence-corrected chi connectivity index (χ1v) is 4.59. The highest BCUT2D eigenvalue weighted by atomic mass is 19.2. The van der Waals surface area contributed by atoms with Gasteiger partial charge < -0.3 is 4.90 Å². The lowest BCUT2D eigenvalue weighted by Gasteiger charge is -2.08. The lowest BCUT2D eigenvalue weighted by atomic mass is 10.1. The van der Waals surface area contributed by atoms with E-state index in [9.17, 15) is 13.6 Å². The molecular weight excluding hydrogens is 200 g/mol. The van der Waals surface area contributed by atoms with Crippen LogP contribution in [0, 0.1) is 11.6 Å². The summed E-state index contributed by atoms with van der Waals surface area (Å²) in [6.07, 6.45) is 0.134. The maximum atomic E-state index is 12.8. The minimum Gasteiger partial charge on any atom is -0.302 e. The van der Waals surface area contributed by atoms with Crippen molar-refractivity contribution < 1.29 is 13.6 Å². The SMILES string of the molecule is CN(C)CC(=O)Cc1ccc(F)c(F)c1. The fourth-order valence-corrected chi connectivity index (χ4v) is 1.29. The van der Waals surface area contributed by atoms with Crippen LogP contribution >= 0.6 is 0 Å². The molecule has 0 saturated heterocycles. The molecule has 1 rings (SSSR count). The molecule has 0 atom stereocenters. The number of ketones is 1. The summed E-state index contributed by atoms with van der Waals surface area (Å²) in [5, 5.41) is 0. The van der Waals surface area contributed by atoms with Crippen LogP contribution in [-0.4, -0.2) is 31.3 Å². The van der Waals surface area contributed by atoms with Crippen molar-refractivity contribution in [2.75, 3.05) is 20.6 Å². The molecule has 0 fully saturated rings. The van der Waals surface area contributed by atoms with Crippen molar-refractivity contribution in [2.45, 2.75) is 6.42 Å². The minimum atomic E-state index is -0.912. The maximum absolute atomic E-state index is 12.8. The molecule has 82 valence electrons. The standard InChI is InChI=1S/C11H13F2NO/c1-14(2)7-9(15)5-8-3-4-10(12)11(13)6-8/h3-4,6H,5,7H2,1-2H3. The summed E-state index contributed by atoms with van der Waals surface area (Å²) in [5.41, 5.74) is 0.501. The first kappa shape index (κ1) is 11.8. The van der Waals surface area contributed by atoms with Gasteiger partial charge in [-0.2, -0.15) is 0 Å². The van der Waals surface area contributed by atoms with E-state index in [2.05, 4.69) is 0 Å². The zero-order chi connectivity index (χ0) is 11.4. The fraction of sp³-hybridized carbons (Fsp3) is 0.364. The highest BCUT2D eigenvalue weighted by Crippen LogP contribution is 2.09. The molecule has 0 spiro atoms. The van der Waals surface area contributed by atoms with E-state index in [0.29, 0.717) is 12.1 Å². The van der Waals surface area contributed by atoms with Gasteiger partial charge in [0.25, 0.3) is 0 Å². The summed E-state index contributed by atoms with van der Waals surface area (Å²) in [5.74, 6) is -1.82. The van der Waals surface area contributed by atoms with Crippen LogP contribution in [0.3, 0.4) is 0 Å². The first-order valence-electron chi connectivity index (χ1n) is 4.59. The van der Waals surface area contributed by atoms with E-state index in [0.717, 1.165) is 12.1 Å². The summed E-state index contributed by atoms with van der Waals surface area (Å²) >= 11 is 0. The van der Waals surface area contributed by atoms with Crippen molar-refractivity contribution in [2.24, 2.45) is 0 Å². The molecule has 0 saturated carbocycles. The number of Topliss-reactive ketones (excluding diaryl/α,β-unsaturated/α-hetero) is 1. The molecule has 0 unspecified atom stereocenters. The highest BCUT2D eigenvalue weighted by Gasteiger charge is 2.07. The molecule has 0 bridgehead atoms.